The van der Waals surface area contributed by atoms with E-state index in [9.17, 15) is 4.79 Å². The molecule has 2 heterocycles. The molecule has 0 aliphatic carbocycles. The third kappa shape index (κ3) is 2.47. The van der Waals surface area contributed by atoms with Crippen LogP contribution < -0.4 is 11.1 Å². The van der Waals surface area contributed by atoms with Crippen molar-refractivity contribution in [1.82, 2.24) is 24.6 Å². The molecule has 0 unspecified atom stereocenters. The number of nitrogens with zero attached hydrogens (tertiary/aromatic N) is 5. The summed E-state index contributed by atoms with van der Waals surface area (Å²) < 4.78 is 5.15. The minimum Gasteiger partial charge on any atom is -0.399 e. The Morgan fingerprint density at radius 3 is 2.75 bits per heavy atom. The van der Waals surface area contributed by atoms with Gasteiger partial charge in [-0.1, -0.05) is 9.59 Å². The molecule has 0 atom stereocenters. The van der Waals surface area contributed by atoms with Gasteiger partial charge >= 0.3 is 0 Å². The zero-order chi connectivity index (χ0) is 13.9. The maximum absolute atomic E-state index is 11.9. The van der Waals surface area contributed by atoms with Crippen LogP contribution in [0.3, 0.4) is 0 Å². The predicted octanol–water partition coefficient (Wildman–Crippen LogP) is 0.953. The van der Waals surface area contributed by atoms with Gasteiger partial charge in [0.2, 0.25) is 5.13 Å². The molecule has 1 aromatic carbocycles. The number of anilines is 2. The standard InChI is InChI=1S/C11H9N7OS/c12-7-1-3-8(4-2-7)18-6-5-9(15-18)10(19)13-11-14-16-17-20-11/h1-6H,12H2,(H,13,14,17,19). The van der Waals surface area contributed by atoms with Crippen LogP contribution in [0.5, 0.6) is 0 Å². The van der Waals surface area contributed by atoms with Gasteiger partial charge in [0.15, 0.2) is 5.69 Å². The Kier molecular flexibility index (Phi) is 3.09. The molecule has 100 valence electrons. The molecule has 0 aliphatic rings. The molecule has 3 rings (SSSR count). The summed E-state index contributed by atoms with van der Waals surface area (Å²) >= 11 is 0.998. The normalized spacial score (nSPS) is 10.4. The minimum absolute atomic E-state index is 0.275. The maximum atomic E-state index is 11.9. The lowest BCUT2D eigenvalue weighted by molar-refractivity contribution is 0.102. The third-order valence-electron chi connectivity index (χ3n) is 2.50. The Morgan fingerprint density at radius 1 is 1.25 bits per heavy atom. The molecule has 2 aromatic heterocycles. The van der Waals surface area contributed by atoms with Crippen LogP contribution in [0.1, 0.15) is 10.5 Å². The third-order valence-corrected chi connectivity index (χ3v) is 3.01. The van der Waals surface area contributed by atoms with Crippen molar-refractivity contribution in [2.75, 3.05) is 11.1 Å². The molecule has 0 bridgehead atoms. The minimum atomic E-state index is -0.363. The maximum Gasteiger partial charge on any atom is 0.278 e. The zero-order valence-corrected chi connectivity index (χ0v) is 10.9. The Bertz CT molecular complexity index is 720. The van der Waals surface area contributed by atoms with Crippen molar-refractivity contribution in [3.63, 3.8) is 0 Å². The molecule has 8 nitrogen and oxygen atoms in total. The van der Waals surface area contributed by atoms with Crippen molar-refractivity contribution in [2.24, 2.45) is 0 Å². The summed E-state index contributed by atoms with van der Waals surface area (Å²) in [6.45, 7) is 0. The van der Waals surface area contributed by atoms with Crippen molar-refractivity contribution < 1.29 is 4.79 Å². The van der Waals surface area contributed by atoms with Gasteiger partial charge in [-0.05, 0) is 35.5 Å². The summed E-state index contributed by atoms with van der Waals surface area (Å²) in [4.78, 5) is 11.9. The summed E-state index contributed by atoms with van der Waals surface area (Å²) in [5, 5.41) is 14.1. The van der Waals surface area contributed by atoms with E-state index in [1.54, 1.807) is 29.1 Å². The fourth-order valence-corrected chi connectivity index (χ4v) is 1.92. The average molecular weight is 287 g/mol. The number of carbonyl (C=O) groups is 1. The van der Waals surface area contributed by atoms with E-state index in [1.165, 1.54) is 0 Å². The van der Waals surface area contributed by atoms with Crippen LogP contribution in [0, 0.1) is 0 Å². The van der Waals surface area contributed by atoms with Gasteiger partial charge in [0.25, 0.3) is 5.91 Å². The number of hydrogen-bond acceptors (Lipinski definition) is 7. The number of carbonyl (C=O) groups excluding carboxylic acids is 1. The van der Waals surface area contributed by atoms with E-state index in [-0.39, 0.29) is 11.6 Å². The first-order valence-electron chi connectivity index (χ1n) is 5.60. The number of rotatable bonds is 3. The number of hydrogen-bond donors (Lipinski definition) is 2. The molecule has 0 radical (unpaired) electrons. The fourth-order valence-electron chi connectivity index (χ4n) is 1.56. The molecule has 0 spiro atoms. The van der Waals surface area contributed by atoms with E-state index in [1.807, 2.05) is 12.1 Å². The van der Waals surface area contributed by atoms with Gasteiger partial charge in [0.05, 0.1) is 5.69 Å². The smallest absolute Gasteiger partial charge is 0.278 e. The highest BCUT2D eigenvalue weighted by molar-refractivity contribution is 7.09. The largest absolute Gasteiger partial charge is 0.399 e. The lowest BCUT2D eigenvalue weighted by Gasteiger charge is -2.01. The molecule has 0 saturated carbocycles. The highest BCUT2D eigenvalue weighted by Gasteiger charge is 2.12. The van der Waals surface area contributed by atoms with Crippen LogP contribution in [0.2, 0.25) is 0 Å². The van der Waals surface area contributed by atoms with Crippen LogP contribution in [-0.2, 0) is 0 Å². The van der Waals surface area contributed by atoms with Crippen molar-refractivity contribution in [1.29, 1.82) is 0 Å². The summed E-state index contributed by atoms with van der Waals surface area (Å²) in [6.07, 6.45) is 1.69. The Labute approximate surface area is 117 Å². The van der Waals surface area contributed by atoms with E-state index < -0.39 is 0 Å². The van der Waals surface area contributed by atoms with E-state index >= 15 is 0 Å². The second-order valence-corrected chi connectivity index (χ2v) is 4.59. The number of nitrogen functional groups attached to an aromatic ring is 1. The molecule has 3 N–H and O–H groups in total. The zero-order valence-electron chi connectivity index (χ0n) is 10.1. The highest BCUT2D eigenvalue weighted by Crippen LogP contribution is 2.12. The van der Waals surface area contributed by atoms with Crippen molar-refractivity contribution in [3.05, 3.63) is 42.2 Å². The molecule has 9 heteroatoms. The number of aromatic nitrogens is 5. The second-order valence-electron chi connectivity index (χ2n) is 3.86. The van der Waals surface area contributed by atoms with Gasteiger partial charge in [0, 0.05) is 23.4 Å². The summed E-state index contributed by atoms with van der Waals surface area (Å²) in [5.41, 5.74) is 7.38. The van der Waals surface area contributed by atoms with Crippen LogP contribution >= 0.6 is 11.5 Å². The molecule has 20 heavy (non-hydrogen) atoms. The first kappa shape index (κ1) is 12.2. The molecule has 0 aliphatic heterocycles. The number of nitrogens with one attached hydrogen (secondary N) is 1. The van der Waals surface area contributed by atoms with Gasteiger partial charge in [-0.15, -0.1) is 0 Å². The van der Waals surface area contributed by atoms with Crippen molar-refractivity contribution in [2.45, 2.75) is 0 Å². The van der Waals surface area contributed by atoms with Gasteiger partial charge in [-0.3, -0.25) is 10.1 Å². The topological polar surface area (TPSA) is 112 Å². The van der Waals surface area contributed by atoms with E-state index in [0.717, 1.165) is 17.2 Å². The number of amides is 1. The first-order valence-corrected chi connectivity index (χ1v) is 6.38. The second kappa shape index (κ2) is 5.05. The van der Waals surface area contributed by atoms with Gasteiger partial charge in [-0.25, -0.2) is 4.68 Å². The molecular weight excluding hydrogens is 278 g/mol. The molecular formula is C11H9N7OS. The predicted molar refractivity (Wildman–Crippen MR) is 73.6 cm³/mol. The van der Waals surface area contributed by atoms with Crippen molar-refractivity contribution >= 4 is 28.3 Å². The fraction of sp³-hybridized carbons (Fsp3) is 0. The Hall–Kier alpha value is -2.81. The van der Waals surface area contributed by atoms with Gasteiger partial charge in [0.1, 0.15) is 0 Å². The monoisotopic (exact) mass is 287 g/mol. The van der Waals surface area contributed by atoms with E-state index in [2.05, 4.69) is 25.2 Å². The first-order chi connectivity index (χ1) is 9.72. The summed E-state index contributed by atoms with van der Waals surface area (Å²) in [5.74, 6) is -0.363. The summed E-state index contributed by atoms with van der Waals surface area (Å²) in [7, 11) is 0. The van der Waals surface area contributed by atoms with Crippen LogP contribution in [0.25, 0.3) is 5.69 Å². The van der Waals surface area contributed by atoms with E-state index in [4.69, 9.17) is 5.73 Å². The van der Waals surface area contributed by atoms with E-state index in [0.29, 0.717) is 10.8 Å². The van der Waals surface area contributed by atoms with Gasteiger partial charge < -0.3 is 5.73 Å². The molecule has 1 amide bonds. The Balaban J connectivity index is 1.79. The number of nitrogens with two attached hydrogens (primary N) is 1. The molecule has 3 aromatic rings. The highest BCUT2D eigenvalue weighted by atomic mass is 32.1. The lowest BCUT2D eigenvalue weighted by atomic mass is 10.3. The number of benzene rings is 1. The molecule has 0 saturated heterocycles. The Morgan fingerprint density at radius 2 is 2.05 bits per heavy atom. The van der Waals surface area contributed by atoms with Crippen LogP contribution in [0.15, 0.2) is 36.5 Å². The SMILES string of the molecule is Nc1ccc(-n2ccc(C(=O)Nc3nnns3)n2)cc1. The van der Waals surface area contributed by atoms with Crippen LogP contribution in [0.4, 0.5) is 10.8 Å². The molecule has 0 fully saturated rings. The average Bonchev–Trinajstić information content (AvgIpc) is 3.10. The van der Waals surface area contributed by atoms with Crippen molar-refractivity contribution in [3.8, 4) is 5.69 Å². The van der Waals surface area contributed by atoms with Gasteiger partial charge in [-0.2, -0.15) is 5.10 Å². The quantitative estimate of drug-likeness (QED) is 0.694. The lowest BCUT2D eigenvalue weighted by Crippen LogP contribution is -2.13. The van der Waals surface area contributed by atoms with Crippen LogP contribution in [-0.4, -0.2) is 30.5 Å². The summed E-state index contributed by atoms with van der Waals surface area (Å²) in [6, 6.07) is 8.78.